The minimum Gasteiger partial charge on any atom is -0.493 e. The number of benzene rings is 1. The number of nitrogens with one attached hydrogen (secondary N) is 1. The lowest BCUT2D eigenvalue weighted by Gasteiger charge is -2.27. The molecule has 1 aromatic carbocycles. The first-order valence-electron chi connectivity index (χ1n) is 11.6. The van der Waals surface area contributed by atoms with E-state index in [0.717, 1.165) is 18.7 Å². The topological polar surface area (TPSA) is 71.1 Å². The molecule has 0 radical (unpaired) electrons. The van der Waals surface area contributed by atoms with Crippen molar-refractivity contribution < 1.29 is 19.1 Å². The smallest absolute Gasteiger partial charge is 0.225 e. The van der Waals surface area contributed by atoms with E-state index in [1.165, 1.54) is 17.7 Å². The third kappa shape index (κ3) is 5.68. The molecule has 33 heavy (non-hydrogen) atoms. The highest BCUT2D eigenvalue weighted by Crippen LogP contribution is 2.29. The normalized spacial score (nSPS) is 19.6. The van der Waals surface area contributed by atoms with Crippen LogP contribution in [0.5, 0.6) is 11.5 Å². The zero-order valence-electron chi connectivity index (χ0n) is 19.4. The number of carbonyl (C=O) groups excluding carboxylic acids is 2. The first-order chi connectivity index (χ1) is 16.1. The fourth-order valence-corrected chi connectivity index (χ4v) is 5.61. The molecule has 2 aliphatic heterocycles. The molecule has 0 unspecified atom stereocenters. The fourth-order valence-electron chi connectivity index (χ4n) is 4.75. The average molecular weight is 472 g/mol. The molecule has 2 fully saturated rings. The van der Waals surface area contributed by atoms with Gasteiger partial charge in [0.2, 0.25) is 11.8 Å². The number of hydrogen-bond acceptors (Lipinski definition) is 6. The number of carbonyl (C=O) groups is 2. The molecule has 2 aromatic rings. The van der Waals surface area contributed by atoms with Crippen molar-refractivity contribution in [1.29, 1.82) is 0 Å². The van der Waals surface area contributed by atoms with Crippen molar-refractivity contribution in [3.8, 4) is 11.5 Å². The Morgan fingerprint density at radius 1 is 1.18 bits per heavy atom. The van der Waals surface area contributed by atoms with Crippen LogP contribution in [0, 0.1) is 5.92 Å². The Kier molecular flexibility index (Phi) is 7.88. The fraction of sp³-hybridized carbons (Fsp3) is 0.520. The number of thiophene rings is 1. The molecule has 4 rings (SSSR count). The van der Waals surface area contributed by atoms with Crippen LogP contribution in [0.4, 0.5) is 0 Å². The number of ether oxygens (including phenoxy) is 2. The van der Waals surface area contributed by atoms with Crippen molar-refractivity contribution in [2.45, 2.75) is 31.7 Å². The van der Waals surface area contributed by atoms with Gasteiger partial charge in [0.15, 0.2) is 11.5 Å². The van der Waals surface area contributed by atoms with E-state index in [1.807, 2.05) is 18.2 Å². The van der Waals surface area contributed by atoms with Gasteiger partial charge in [-0.1, -0.05) is 12.1 Å². The van der Waals surface area contributed by atoms with Gasteiger partial charge in [0.05, 0.1) is 26.2 Å². The summed E-state index contributed by atoms with van der Waals surface area (Å²) in [6, 6.07) is 10.2. The van der Waals surface area contributed by atoms with Crippen LogP contribution in [0.15, 0.2) is 35.7 Å². The highest BCUT2D eigenvalue weighted by atomic mass is 32.1. The molecule has 0 aliphatic carbocycles. The zero-order chi connectivity index (χ0) is 23.2. The van der Waals surface area contributed by atoms with Gasteiger partial charge >= 0.3 is 0 Å². The summed E-state index contributed by atoms with van der Waals surface area (Å²) < 4.78 is 10.7. The Bertz CT molecular complexity index is 943. The number of amides is 2. The lowest BCUT2D eigenvalue weighted by Crippen LogP contribution is -2.39. The molecule has 0 bridgehead atoms. The number of methoxy groups -OCH3 is 2. The maximum absolute atomic E-state index is 12.9. The van der Waals surface area contributed by atoms with E-state index < -0.39 is 0 Å². The summed E-state index contributed by atoms with van der Waals surface area (Å²) in [6.45, 7) is 3.80. The first kappa shape index (κ1) is 23.6. The number of nitrogens with zero attached hydrogens (tertiary/aromatic N) is 2. The van der Waals surface area contributed by atoms with Gasteiger partial charge in [-0.2, -0.15) is 0 Å². The van der Waals surface area contributed by atoms with Gasteiger partial charge < -0.3 is 19.7 Å². The van der Waals surface area contributed by atoms with E-state index >= 15 is 0 Å². The van der Waals surface area contributed by atoms with Gasteiger partial charge in [-0.3, -0.25) is 14.5 Å². The van der Waals surface area contributed by atoms with Crippen LogP contribution in [-0.2, 0) is 16.0 Å². The molecular formula is C25H33N3O4S. The summed E-state index contributed by atoms with van der Waals surface area (Å²) in [5.41, 5.74) is 1.07. The summed E-state index contributed by atoms with van der Waals surface area (Å²) in [5.74, 6) is 1.11. The maximum atomic E-state index is 12.9. The molecule has 1 aromatic heterocycles. The summed E-state index contributed by atoms with van der Waals surface area (Å²) in [5, 5.41) is 5.24. The van der Waals surface area contributed by atoms with E-state index in [0.29, 0.717) is 37.6 Å². The molecule has 0 saturated carbocycles. The summed E-state index contributed by atoms with van der Waals surface area (Å²) >= 11 is 1.74. The van der Waals surface area contributed by atoms with Crippen molar-refractivity contribution in [2.24, 2.45) is 5.92 Å². The molecule has 1 N–H and O–H groups in total. The summed E-state index contributed by atoms with van der Waals surface area (Å²) in [6.07, 6.45) is 3.41. The van der Waals surface area contributed by atoms with Crippen molar-refractivity contribution in [3.63, 3.8) is 0 Å². The molecule has 2 saturated heterocycles. The Morgan fingerprint density at radius 3 is 2.67 bits per heavy atom. The third-order valence-corrected chi connectivity index (χ3v) is 7.60. The Hall–Kier alpha value is -2.58. The van der Waals surface area contributed by atoms with E-state index in [4.69, 9.17) is 9.47 Å². The minimum atomic E-state index is -0.287. The zero-order valence-corrected chi connectivity index (χ0v) is 20.2. The van der Waals surface area contributed by atoms with Gasteiger partial charge in [0, 0.05) is 30.9 Å². The second-order valence-electron chi connectivity index (χ2n) is 8.70. The second kappa shape index (κ2) is 11.0. The van der Waals surface area contributed by atoms with Crippen LogP contribution in [0.2, 0.25) is 0 Å². The van der Waals surface area contributed by atoms with Gasteiger partial charge in [-0.05, 0) is 61.5 Å². The van der Waals surface area contributed by atoms with Crippen molar-refractivity contribution in [1.82, 2.24) is 15.1 Å². The molecule has 7 nitrogen and oxygen atoms in total. The summed E-state index contributed by atoms with van der Waals surface area (Å²) in [4.78, 5) is 31.0. The minimum absolute atomic E-state index is 0.0160. The molecule has 2 aliphatic rings. The molecule has 178 valence electrons. The van der Waals surface area contributed by atoms with Crippen LogP contribution >= 0.6 is 11.3 Å². The highest BCUT2D eigenvalue weighted by Gasteiger charge is 2.34. The van der Waals surface area contributed by atoms with Gasteiger partial charge in [0.25, 0.3) is 0 Å². The third-order valence-electron chi connectivity index (χ3n) is 6.63. The summed E-state index contributed by atoms with van der Waals surface area (Å²) in [7, 11) is 3.22. The molecule has 2 amide bonds. The lowest BCUT2D eigenvalue weighted by molar-refractivity contribution is -0.129. The van der Waals surface area contributed by atoms with E-state index in [1.54, 1.807) is 30.5 Å². The number of rotatable bonds is 10. The Balaban J connectivity index is 1.29. The van der Waals surface area contributed by atoms with Crippen molar-refractivity contribution >= 4 is 23.2 Å². The van der Waals surface area contributed by atoms with E-state index in [-0.39, 0.29) is 30.2 Å². The Labute approximate surface area is 199 Å². The van der Waals surface area contributed by atoms with Crippen LogP contribution in [0.1, 0.15) is 35.7 Å². The predicted octanol–water partition coefficient (Wildman–Crippen LogP) is 3.11. The molecule has 3 heterocycles. The molecule has 0 spiro atoms. The van der Waals surface area contributed by atoms with E-state index in [2.05, 4.69) is 27.7 Å². The quantitative estimate of drug-likeness (QED) is 0.577. The average Bonchev–Trinajstić information content (AvgIpc) is 3.61. The number of hydrogen-bond donors (Lipinski definition) is 1. The van der Waals surface area contributed by atoms with Gasteiger partial charge in [-0.15, -0.1) is 11.3 Å². The first-order valence-corrected chi connectivity index (χ1v) is 12.5. The molecule has 8 heteroatoms. The van der Waals surface area contributed by atoms with Crippen molar-refractivity contribution in [3.05, 3.63) is 46.2 Å². The van der Waals surface area contributed by atoms with Crippen LogP contribution in [-0.4, -0.2) is 68.6 Å². The number of likely N-dealkylation sites (tertiary alicyclic amines) is 2. The molecule has 2 atom stereocenters. The van der Waals surface area contributed by atoms with Gasteiger partial charge in [0.1, 0.15) is 0 Å². The van der Waals surface area contributed by atoms with E-state index in [9.17, 15) is 9.59 Å². The predicted molar refractivity (Wildman–Crippen MR) is 129 cm³/mol. The van der Waals surface area contributed by atoms with Crippen LogP contribution in [0.25, 0.3) is 0 Å². The Morgan fingerprint density at radius 2 is 1.97 bits per heavy atom. The monoisotopic (exact) mass is 471 g/mol. The SMILES string of the molecule is COc1ccc(CCN2C[C@H](C(=O)NC[C@H](c3cccs3)N3CCCC3)CC2=O)cc1OC. The van der Waals surface area contributed by atoms with Crippen LogP contribution in [0.3, 0.4) is 0 Å². The lowest BCUT2D eigenvalue weighted by atomic mass is 10.1. The van der Waals surface area contributed by atoms with Gasteiger partial charge in [-0.25, -0.2) is 0 Å². The molecular weight excluding hydrogens is 438 g/mol. The standard InChI is InChI=1S/C25H33N3O4S/c1-31-21-8-7-18(14-22(21)32-2)9-12-28-17-19(15-24(28)29)25(30)26-16-20(23-6-5-13-33-23)27-10-3-4-11-27/h5-8,13-14,19-20H,3-4,9-12,15-17H2,1-2H3,(H,26,30)/t19-,20-/m1/s1. The van der Waals surface area contributed by atoms with Crippen molar-refractivity contribution in [2.75, 3.05) is 46.9 Å². The highest BCUT2D eigenvalue weighted by molar-refractivity contribution is 7.10. The second-order valence-corrected chi connectivity index (χ2v) is 9.68. The largest absolute Gasteiger partial charge is 0.493 e. The van der Waals surface area contributed by atoms with Crippen LogP contribution < -0.4 is 14.8 Å². The maximum Gasteiger partial charge on any atom is 0.225 e.